The highest BCUT2D eigenvalue weighted by molar-refractivity contribution is 7.54. The maximum Gasteiger partial charge on any atom is 0.409 e. The van der Waals surface area contributed by atoms with E-state index in [2.05, 4.69) is 20.6 Å². The van der Waals surface area contributed by atoms with Crippen LogP contribution in [-0.4, -0.2) is 103 Å². The quantitative estimate of drug-likeness (QED) is 0.242. The van der Waals surface area contributed by atoms with Crippen LogP contribution in [0.5, 0.6) is 0 Å². The van der Waals surface area contributed by atoms with Crippen LogP contribution < -0.4 is 10.6 Å². The van der Waals surface area contributed by atoms with Crippen LogP contribution in [0.2, 0.25) is 0 Å². The Balaban J connectivity index is 1.82. The zero-order valence-corrected chi connectivity index (χ0v) is 25.6. The summed E-state index contributed by atoms with van der Waals surface area (Å²) in [7, 11) is -2.06. The van der Waals surface area contributed by atoms with Crippen LogP contribution >= 0.6 is 7.60 Å². The summed E-state index contributed by atoms with van der Waals surface area (Å²) in [5.74, 6) is -0.380. The summed E-state index contributed by atoms with van der Waals surface area (Å²) in [6, 6.07) is 9.41. The number of aromatic nitrogens is 2. The third kappa shape index (κ3) is 9.23. The second-order valence-electron chi connectivity index (χ2n) is 9.51. The van der Waals surface area contributed by atoms with Crippen molar-refractivity contribution in [3.63, 3.8) is 0 Å². The van der Waals surface area contributed by atoms with Crippen molar-refractivity contribution < 1.29 is 32.7 Å². The highest BCUT2D eigenvalue weighted by Crippen LogP contribution is 2.48. The first-order valence-electron chi connectivity index (χ1n) is 14.2. The molecule has 14 heteroatoms. The van der Waals surface area contributed by atoms with E-state index in [1.165, 1.54) is 11.0 Å². The Morgan fingerprint density at radius 1 is 0.976 bits per heavy atom. The molecule has 1 aliphatic rings. The number of amides is 3. The van der Waals surface area contributed by atoms with Gasteiger partial charge in [0.2, 0.25) is 5.91 Å². The van der Waals surface area contributed by atoms with E-state index in [-0.39, 0.29) is 51.2 Å². The molecule has 2 heterocycles. The number of anilines is 1. The number of carbonyl (C=O) groups is 3. The van der Waals surface area contributed by atoms with Crippen molar-refractivity contribution in [3.05, 3.63) is 42.1 Å². The number of carbonyl (C=O) groups excluding carboxylic acids is 3. The maximum atomic E-state index is 13.7. The van der Waals surface area contributed by atoms with Crippen LogP contribution in [0, 0.1) is 0 Å². The standard InChI is InChI=1S/C28H41N6O7P/c1-5-8-18-39-28(37)34-16-14-33(15-17-34)27(36)23(20-42(38,40-6-2)41-7-3)31-26(35)22-19-24(29-4)32-25(30-22)21-12-10-9-11-13-21/h9-13,19,23H,5-8,14-18,20H2,1-4H3,(H,31,35)(H,29,30,32). The van der Waals surface area contributed by atoms with Crippen LogP contribution in [-0.2, 0) is 23.1 Å². The third-order valence-electron chi connectivity index (χ3n) is 6.48. The molecule has 2 N–H and O–H groups in total. The number of unbranched alkanes of at least 4 members (excludes halogenated alkanes) is 1. The Kier molecular flexibility index (Phi) is 12.7. The van der Waals surface area contributed by atoms with Crippen molar-refractivity contribution in [2.45, 2.75) is 39.7 Å². The molecule has 1 fully saturated rings. The predicted molar refractivity (Wildman–Crippen MR) is 158 cm³/mol. The number of benzene rings is 1. The highest BCUT2D eigenvalue weighted by Gasteiger charge is 2.37. The summed E-state index contributed by atoms with van der Waals surface area (Å²) in [6.45, 7) is 6.87. The molecule has 1 saturated heterocycles. The number of hydrogen-bond acceptors (Lipinski definition) is 10. The van der Waals surface area contributed by atoms with Crippen LogP contribution in [0.1, 0.15) is 44.1 Å². The van der Waals surface area contributed by atoms with Gasteiger partial charge in [0.25, 0.3) is 5.91 Å². The zero-order chi connectivity index (χ0) is 30.5. The molecule has 2 aromatic rings. The molecule has 1 aliphatic heterocycles. The number of hydrogen-bond donors (Lipinski definition) is 2. The molecule has 0 aliphatic carbocycles. The summed E-state index contributed by atoms with van der Waals surface area (Å²) in [5.41, 5.74) is 0.730. The van der Waals surface area contributed by atoms with E-state index >= 15 is 0 Å². The molecule has 0 radical (unpaired) electrons. The first kappa shape index (κ1) is 33.0. The Bertz CT molecular complexity index is 1230. The first-order valence-corrected chi connectivity index (χ1v) is 16.0. The molecule has 1 aromatic carbocycles. The monoisotopic (exact) mass is 604 g/mol. The molecule has 1 unspecified atom stereocenters. The molecule has 42 heavy (non-hydrogen) atoms. The molecule has 3 amide bonds. The largest absolute Gasteiger partial charge is 0.449 e. The van der Waals surface area contributed by atoms with Gasteiger partial charge in [0.1, 0.15) is 17.6 Å². The third-order valence-corrected chi connectivity index (χ3v) is 8.60. The zero-order valence-electron chi connectivity index (χ0n) is 24.7. The summed E-state index contributed by atoms with van der Waals surface area (Å²) >= 11 is 0. The van der Waals surface area contributed by atoms with E-state index < -0.39 is 31.5 Å². The van der Waals surface area contributed by atoms with Crippen LogP contribution in [0.15, 0.2) is 36.4 Å². The van der Waals surface area contributed by atoms with E-state index in [0.717, 1.165) is 12.8 Å². The SMILES string of the molecule is CCCCOC(=O)N1CCN(C(=O)C(CP(=O)(OCC)OCC)NC(=O)c2cc(NC)nc(-c3ccccc3)n2)CC1. The number of nitrogens with one attached hydrogen (secondary N) is 2. The Morgan fingerprint density at radius 3 is 2.21 bits per heavy atom. The Morgan fingerprint density at radius 2 is 1.62 bits per heavy atom. The lowest BCUT2D eigenvalue weighted by molar-refractivity contribution is -0.134. The summed E-state index contributed by atoms with van der Waals surface area (Å²) in [6.07, 6.45) is 0.902. The summed E-state index contributed by atoms with van der Waals surface area (Å²) in [5, 5.41) is 5.64. The molecular formula is C28H41N6O7P. The van der Waals surface area contributed by atoms with Crippen molar-refractivity contribution in [3.8, 4) is 11.4 Å². The van der Waals surface area contributed by atoms with Gasteiger partial charge in [-0.3, -0.25) is 14.2 Å². The minimum atomic E-state index is -3.74. The fourth-order valence-electron chi connectivity index (χ4n) is 4.31. The molecule has 1 atom stereocenters. The van der Waals surface area contributed by atoms with Gasteiger partial charge >= 0.3 is 13.7 Å². The van der Waals surface area contributed by atoms with E-state index in [0.29, 0.717) is 23.8 Å². The summed E-state index contributed by atoms with van der Waals surface area (Å²) < 4.78 is 29.6. The van der Waals surface area contributed by atoms with Gasteiger partial charge in [-0.15, -0.1) is 0 Å². The van der Waals surface area contributed by atoms with Gasteiger partial charge in [0, 0.05) is 44.9 Å². The van der Waals surface area contributed by atoms with Gasteiger partial charge in [-0.25, -0.2) is 14.8 Å². The van der Waals surface area contributed by atoms with Crippen molar-refractivity contribution >= 4 is 31.3 Å². The lowest BCUT2D eigenvalue weighted by Gasteiger charge is -2.36. The van der Waals surface area contributed by atoms with Crippen molar-refractivity contribution in [2.24, 2.45) is 0 Å². The molecule has 3 rings (SSSR count). The van der Waals surface area contributed by atoms with E-state index in [1.54, 1.807) is 25.8 Å². The molecule has 1 aromatic heterocycles. The number of piperazine rings is 1. The topological polar surface area (TPSA) is 152 Å². The molecule has 13 nitrogen and oxygen atoms in total. The predicted octanol–water partition coefficient (Wildman–Crippen LogP) is 3.63. The second kappa shape index (κ2) is 16.2. The Hall–Kier alpha value is -3.54. The van der Waals surface area contributed by atoms with Crippen molar-refractivity contribution in [1.82, 2.24) is 25.1 Å². The van der Waals surface area contributed by atoms with Crippen LogP contribution in [0.4, 0.5) is 10.6 Å². The normalized spacial score (nSPS) is 14.3. The van der Waals surface area contributed by atoms with Crippen molar-refractivity contribution in [1.29, 1.82) is 0 Å². The minimum absolute atomic E-state index is 0.0216. The van der Waals surface area contributed by atoms with Gasteiger partial charge in [-0.05, 0) is 20.3 Å². The number of ether oxygens (including phenoxy) is 1. The van der Waals surface area contributed by atoms with Gasteiger partial charge in [-0.2, -0.15) is 0 Å². The lowest BCUT2D eigenvalue weighted by Crippen LogP contribution is -2.57. The molecule has 230 valence electrons. The van der Waals surface area contributed by atoms with Gasteiger partial charge in [-0.1, -0.05) is 43.7 Å². The fraction of sp³-hybridized carbons (Fsp3) is 0.536. The second-order valence-corrected chi connectivity index (χ2v) is 11.6. The molecular weight excluding hydrogens is 563 g/mol. The summed E-state index contributed by atoms with van der Waals surface area (Å²) in [4.78, 5) is 51.6. The van der Waals surface area contributed by atoms with E-state index in [4.69, 9.17) is 13.8 Å². The van der Waals surface area contributed by atoms with Crippen LogP contribution in [0.3, 0.4) is 0 Å². The highest BCUT2D eigenvalue weighted by atomic mass is 31.2. The van der Waals surface area contributed by atoms with Crippen molar-refractivity contribution in [2.75, 3.05) is 64.5 Å². The van der Waals surface area contributed by atoms with E-state index in [1.807, 2.05) is 37.3 Å². The molecule has 0 saturated carbocycles. The fourth-order valence-corrected chi connectivity index (χ4v) is 6.08. The average Bonchev–Trinajstić information content (AvgIpc) is 3.00. The molecule has 0 bridgehead atoms. The van der Waals surface area contributed by atoms with Gasteiger partial charge < -0.3 is 34.2 Å². The van der Waals surface area contributed by atoms with E-state index in [9.17, 15) is 18.9 Å². The lowest BCUT2D eigenvalue weighted by atomic mass is 10.2. The molecule has 0 spiro atoms. The number of nitrogens with zero attached hydrogens (tertiary/aromatic N) is 4. The smallest absolute Gasteiger partial charge is 0.409 e. The van der Waals surface area contributed by atoms with Crippen LogP contribution in [0.25, 0.3) is 11.4 Å². The van der Waals surface area contributed by atoms with Gasteiger partial charge in [0.15, 0.2) is 5.82 Å². The minimum Gasteiger partial charge on any atom is -0.449 e. The number of rotatable bonds is 14. The van der Waals surface area contributed by atoms with Gasteiger partial charge in [0.05, 0.1) is 26.0 Å². The average molecular weight is 605 g/mol. The first-order chi connectivity index (χ1) is 20.2. The maximum absolute atomic E-state index is 13.7. The Labute approximate surface area is 246 Å².